The third-order valence-electron chi connectivity index (χ3n) is 2.42. The standard InChI is InChI=1S/C9H13N3OS/c1-6-4-12(9(14)10-6)5-7-2-3-8(13)11-7/h4,7H,2-3,5H2,1H3,(H,10,14)(H,11,13). The van der Waals surface area contributed by atoms with Crippen molar-refractivity contribution in [3.05, 3.63) is 16.7 Å². The van der Waals surface area contributed by atoms with Gasteiger partial charge in [-0.2, -0.15) is 0 Å². The van der Waals surface area contributed by atoms with Crippen LogP contribution in [0.1, 0.15) is 18.5 Å². The van der Waals surface area contributed by atoms with Crippen molar-refractivity contribution in [3.63, 3.8) is 0 Å². The largest absolute Gasteiger partial charge is 0.352 e. The van der Waals surface area contributed by atoms with Crippen LogP contribution < -0.4 is 5.32 Å². The van der Waals surface area contributed by atoms with Crippen LogP contribution in [-0.4, -0.2) is 21.5 Å². The minimum absolute atomic E-state index is 0.147. The van der Waals surface area contributed by atoms with E-state index in [0.717, 1.165) is 23.4 Å². The van der Waals surface area contributed by atoms with Crippen molar-refractivity contribution in [2.45, 2.75) is 32.4 Å². The molecule has 1 amide bonds. The molecule has 0 aromatic carbocycles. The summed E-state index contributed by atoms with van der Waals surface area (Å²) in [6.07, 6.45) is 3.53. The first kappa shape index (κ1) is 9.45. The Balaban J connectivity index is 2.07. The van der Waals surface area contributed by atoms with Gasteiger partial charge in [-0.1, -0.05) is 0 Å². The highest BCUT2D eigenvalue weighted by Gasteiger charge is 2.20. The molecule has 1 atom stereocenters. The second kappa shape index (κ2) is 3.57. The number of H-pyrrole nitrogens is 1. The predicted octanol–water partition coefficient (Wildman–Crippen LogP) is 1.13. The van der Waals surface area contributed by atoms with Gasteiger partial charge in [0, 0.05) is 30.9 Å². The fraction of sp³-hybridized carbons (Fsp3) is 0.556. The molecule has 2 rings (SSSR count). The molecule has 0 aliphatic carbocycles. The minimum Gasteiger partial charge on any atom is -0.352 e. The van der Waals surface area contributed by atoms with Crippen molar-refractivity contribution in [1.82, 2.24) is 14.9 Å². The van der Waals surface area contributed by atoms with Crippen LogP contribution in [0.4, 0.5) is 0 Å². The average Bonchev–Trinajstić information content (AvgIpc) is 2.61. The molecular weight excluding hydrogens is 198 g/mol. The van der Waals surface area contributed by atoms with Crippen molar-refractivity contribution in [2.24, 2.45) is 0 Å². The lowest BCUT2D eigenvalue weighted by atomic mass is 10.2. The zero-order valence-electron chi connectivity index (χ0n) is 8.04. The van der Waals surface area contributed by atoms with Gasteiger partial charge in [-0.05, 0) is 25.6 Å². The Kier molecular flexibility index (Phi) is 2.41. The highest BCUT2D eigenvalue weighted by atomic mass is 32.1. The molecule has 1 aromatic heterocycles. The number of imidazole rings is 1. The Morgan fingerprint density at radius 2 is 2.50 bits per heavy atom. The van der Waals surface area contributed by atoms with Gasteiger partial charge in [-0.3, -0.25) is 4.79 Å². The van der Waals surface area contributed by atoms with Crippen molar-refractivity contribution in [1.29, 1.82) is 0 Å². The van der Waals surface area contributed by atoms with E-state index in [4.69, 9.17) is 12.2 Å². The summed E-state index contributed by atoms with van der Waals surface area (Å²) in [5.74, 6) is 0.147. The number of nitrogens with zero attached hydrogens (tertiary/aromatic N) is 1. The van der Waals surface area contributed by atoms with Gasteiger partial charge in [0.2, 0.25) is 5.91 Å². The minimum atomic E-state index is 0.147. The Bertz CT molecular complexity index is 406. The van der Waals surface area contributed by atoms with Crippen LogP contribution >= 0.6 is 12.2 Å². The first-order valence-corrected chi connectivity index (χ1v) is 5.11. The van der Waals surface area contributed by atoms with Crippen LogP contribution in [0.3, 0.4) is 0 Å². The SMILES string of the molecule is Cc1cn(CC2CCC(=O)N2)c(=S)[nH]1. The number of amides is 1. The molecule has 0 spiro atoms. The number of nitrogens with one attached hydrogen (secondary N) is 2. The molecule has 1 saturated heterocycles. The first-order valence-electron chi connectivity index (χ1n) is 4.70. The number of carbonyl (C=O) groups is 1. The lowest BCUT2D eigenvalue weighted by Gasteiger charge is -2.09. The fourth-order valence-corrected chi connectivity index (χ4v) is 2.04. The smallest absolute Gasteiger partial charge is 0.220 e. The van der Waals surface area contributed by atoms with E-state index in [1.54, 1.807) is 0 Å². The Morgan fingerprint density at radius 1 is 1.71 bits per heavy atom. The predicted molar refractivity (Wildman–Crippen MR) is 55.5 cm³/mol. The van der Waals surface area contributed by atoms with Crippen molar-refractivity contribution < 1.29 is 4.79 Å². The van der Waals surface area contributed by atoms with Gasteiger partial charge in [0.05, 0.1) is 0 Å². The average molecular weight is 211 g/mol. The molecule has 76 valence electrons. The molecule has 1 unspecified atom stereocenters. The van der Waals surface area contributed by atoms with Gasteiger partial charge < -0.3 is 14.9 Å². The quantitative estimate of drug-likeness (QED) is 0.720. The van der Waals surface area contributed by atoms with Crippen molar-refractivity contribution in [2.75, 3.05) is 0 Å². The van der Waals surface area contributed by atoms with E-state index in [0.29, 0.717) is 6.42 Å². The second-order valence-corrected chi connectivity index (χ2v) is 4.08. The van der Waals surface area contributed by atoms with Gasteiger partial charge in [0.25, 0.3) is 0 Å². The molecule has 14 heavy (non-hydrogen) atoms. The van der Waals surface area contributed by atoms with Gasteiger partial charge in [0.1, 0.15) is 0 Å². The molecule has 0 radical (unpaired) electrons. The summed E-state index contributed by atoms with van der Waals surface area (Å²) in [7, 11) is 0. The number of aromatic nitrogens is 2. The fourth-order valence-electron chi connectivity index (χ4n) is 1.75. The van der Waals surface area contributed by atoms with Crippen LogP contribution in [0.5, 0.6) is 0 Å². The lowest BCUT2D eigenvalue weighted by molar-refractivity contribution is -0.119. The Hall–Kier alpha value is -1.10. The summed E-state index contributed by atoms with van der Waals surface area (Å²) in [6.45, 7) is 2.74. The van der Waals surface area contributed by atoms with Gasteiger partial charge >= 0.3 is 0 Å². The second-order valence-electron chi connectivity index (χ2n) is 3.70. The number of aromatic amines is 1. The van der Waals surface area contributed by atoms with Crippen molar-refractivity contribution in [3.8, 4) is 0 Å². The summed E-state index contributed by atoms with van der Waals surface area (Å²) in [5.41, 5.74) is 1.05. The number of carbonyl (C=O) groups excluding carboxylic acids is 1. The maximum atomic E-state index is 11.0. The van der Waals surface area contributed by atoms with E-state index in [1.165, 1.54) is 0 Å². The van der Waals surface area contributed by atoms with E-state index < -0.39 is 0 Å². The summed E-state index contributed by atoms with van der Waals surface area (Å²) in [4.78, 5) is 14.0. The summed E-state index contributed by atoms with van der Waals surface area (Å²) in [5, 5.41) is 2.92. The van der Waals surface area contributed by atoms with Crippen LogP contribution in [-0.2, 0) is 11.3 Å². The van der Waals surface area contributed by atoms with E-state index in [1.807, 2.05) is 17.7 Å². The monoisotopic (exact) mass is 211 g/mol. The van der Waals surface area contributed by atoms with Crippen LogP contribution in [0.2, 0.25) is 0 Å². The first-order chi connectivity index (χ1) is 6.65. The molecule has 4 nitrogen and oxygen atoms in total. The molecule has 0 saturated carbocycles. The Labute approximate surface area is 87.3 Å². The molecule has 1 aliphatic heterocycles. The Morgan fingerprint density at radius 3 is 3.00 bits per heavy atom. The molecule has 0 bridgehead atoms. The molecule has 1 fully saturated rings. The molecule has 2 N–H and O–H groups in total. The van der Waals surface area contributed by atoms with Gasteiger partial charge in [-0.15, -0.1) is 0 Å². The summed E-state index contributed by atoms with van der Waals surface area (Å²) >= 11 is 5.13. The van der Waals surface area contributed by atoms with Crippen molar-refractivity contribution >= 4 is 18.1 Å². The normalized spacial score (nSPS) is 21.2. The van der Waals surface area contributed by atoms with Crippen LogP contribution in [0.25, 0.3) is 0 Å². The third-order valence-corrected chi connectivity index (χ3v) is 2.75. The van der Waals surface area contributed by atoms with Gasteiger partial charge in [-0.25, -0.2) is 0 Å². The maximum absolute atomic E-state index is 11.0. The molecule has 1 aromatic rings. The van der Waals surface area contributed by atoms with E-state index in [9.17, 15) is 4.79 Å². The number of aryl methyl sites for hydroxylation is 1. The maximum Gasteiger partial charge on any atom is 0.220 e. The molecular formula is C9H13N3OS. The highest BCUT2D eigenvalue weighted by molar-refractivity contribution is 7.71. The molecule has 5 heteroatoms. The third kappa shape index (κ3) is 1.87. The number of hydrogen-bond donors (Lipinski definition) is 2. The van der Waals surface area contributed by atoms with Gasteiger partial charge in [0.15, 0.2) is 4.77 Å². The van der Waals surface area contributed by atoms with Crippen LogP contribution in [0, 0.1) is 11.7 Å². The highest BCUT2D eigenvalue weighted by Crippen LogP contribution is 2.09. The summed E-state index contributed by atoms with van der Waals surface area (Å²) < 4.78 is 2.70. The van der Waals surface area contributed by atoms with E-state index >= 15 is 0 Å². The summed E-state index contributed by atoms with van der Waals surface area (Å²) in [6, 6.07) is 0.240. The molecule has 1 aliphatic rings. The van der Waals surface area contributed by atoms with Crippen LogP contribution in [0.15, 0.2) is 6.20 Å². The van der Waals surface area contributed by atoms with E-state index in [-0.39, 0.29) is 11.9 Å². The topological polar surface area (TPSA) is 49.8 Å². The molecule has 2 heterocycles. The lowest BCUT2D eigenvalue weighted by Crippen LogP contribution is -2.29. The number of hydrogen-bond acceptors (Lipinski definition) is 2. The zero-order valence-corrected chi connectivity index (χ0v) is 8.86. The van der Waals surface area contributed by atoms with E-state index in [2.05, 4.69) is 10.3 Å². The zero-order chi connectivity index (χ0) is 10.1. The number of rotatable bonds is 2.